The van der Waals surface area contributed by atoms with Crippen LogP contribution in [0.25, 0.3) is 0 Å². The van der Waals surface area contributed by atoms with Gasteiger partial charge in [-0.05, 0) is 45.2 Å². The Morgan fingerprint density at radius 3 is 3.11 bits per heavy atom. The van der Waals surface area contributed by atoms with E-state index in [1.807, 2.05) is 0 Å². The molecule has 0 bridgehead atoms. The standard InChI is InChI=1S/C15H26N4/c1-3-19-9-5-6-12(11-19)17-14-7-4-8-15-13(14)10-16-18(15)2/h10,12,14,17H,3-9,11H2,1-2H3. The summed E-state index contributed by atoms with van der Waals surface area (Å²) in [5, 5.41) is 8.34. The molecule has 1 aromatic rings. The van der Waals surface area contributed by atoms with Gasteiger partial charge in [0.1, 0.15) is 0 Å². The highest BCUT2D eigenvalue weighted by Gasteiger charge is 2.27. The summed E-state index contributed by atoms with van der Waals surface area (Å²) in [6.45, 7) is 5.93. The van der Waals surface area contributed by atoms with Crippen molar-refractivity contribution in [2.24, 2.45) is 7.05 Å². The maximum atomic E-state index is 4.44. The first-order valence-corrected chi connectivity index (χ1v) is 7.77. The van der Waals surface area contributed by atoms with Gasteiger partial charge in [-0.25, -0.2) is 0 Å². The maximum absolute atomic E-state index is 4.44. The minimum absolute atomic E-state index is 0.527. The summed E-state index contributed by atoms with van der Waals surface area (Å²) in [7, 11) is 2.07. The van der Waals surface area contributed by atoms with Gasteiger partial charge in [-0.15, -0.1) is 0 Å². The number of likely N-dealkylation sites (N-methyl/N-ethyl adjacent to an activating group) is 1. The second kappa shape index (κ2) is 5.63. The molecule has 0 spiro atoms. The van der Waals surface area contributed by atoms with Gasteiger partial charge in [0, 0.05) is 36.9 Å². The Morgan fingerprint density at radius 1 is 1.37 bits per heavy atom. The quantitative estimate of drug-likeness (QED) is 0.903. The molecular weight excluding hydrogens is 236 g/mol. The van der Waals surface area contributed by atoms with Gasteiger partial charge in [0.05, 0.1) is 6.20 Å². The van der Waals surface area contributed by atoms with Crippen molar-refractivity contribution in [1.29, 1.82) is 0 Å². The summed E-state index contributed by atoms with van der Waals surface area (Å²) in [4.78, 5) is 2.56. The van der Waals surface area contributed by atoms with Crippen LogP contribution in [-0.2, 0) is 13.5 Å². The van der Waals surface area contributed by atoms with Gasteiger partial charge in [-0.3, -0.25) is 4.68 Å². The highest BCUT2D eigenvalue weighted by atomic mass is 15.3. The van der Waals surface area contributed by atoms with E-state index in [0.29, 0.717) is 12.1 Å². The molecule has 3 rings (SSSR count). The third-order valence-corrected chi connectivity index (χ3v) is 4.77. The summed E-state index contributed by atoms with van der Waals surface area (Å²) in [6, 6.07) is 1.18. The first-order valence-electron chi connectivity index (χ1n) is 7.77. The van der Waals surface area contributed by atoms with E-state index < -0.39 is 0 Å². The van der Waals surface area contributed by atoms with Crippen LogP contribution in [0.4, 0.5) is 0 Å². The Bertz CT molecular complexity index is 426. The second-order valence-electron chi connectivity index (χ2n) is 6.01. The molecule has 0 amide bonds. The van der Waals surface area contributed by atoms with Gasteiger partial charge in [-0.2, -0.15) is 5.10 Å². The van der Waals surface area contributed by atoms with Gasteiger partial charge in [0.2, 0.25) is 0 Å². The van der Waals surface area contributed by atoms with Gasteiger partial charge in [0.15, 0.2) is 0 Å². The third-order valence-electron chi connectivity index (χ3n) is 4.77. The zero-order valence-electron chi connectivity index (χ0n) is 12.2. The lowest BCUT2D eigenvalue weighted by atomic mass is 9.91. The van der Waals surface area contributed by atoms with Crippen molar-refractivity contribution in [3.63, 3.8) is 0 Å². The predicted octanol–water partition coefficient (Wildman–Crippen LogP) is 1.87. The van der Waals surface area contributed by atoms with E-state index in [0.717, 1.165) is 0 Å². The molecule has 0 saturated carbocycles. The van der Waals surface area contributed by atoms with E-state index in [9.17, 15) is 0 Å². The monoisotopic (exact) mass is 262 g/mol. The minimum atomic E-state index is 0.527. The molecule has 2 atom stereocenters. The Kier molecular flexibility index (Phi) is 3.89. The van der Waals surface area contributed by atoms with Gasteiger partial charge < -0.3 is 10.2 Å². The summed E-state index contributed by atoms with van der Waals surface area (Å²) in [5.41, 5.74) is 2.88. The van der Waals surface area contributed by atoms with Gasteiger partial charge >= 0.3 is 0 Å². The van der Waals surface area contributed by atoms with Gasteiger partial charge in [-0.1, -0.05) is 6.92 Å². The first-order chi connectivity index (χ1) is 9.28. The van der Waals surface area contributed by atoms with Crippen molar-refractivity contribution in [2.75, 3.05) is 19.6 Å². The number of aromatic nitrogens is 2. The predicted molar refractivity (Wildman–Crippen MR) is 77.2 cm³/mol. The fourth-order valence-electron chi connectivity index (χ4n) is 3.64. The third kappa shape index (κ3) is 2.70. The molecule has 2 unspecified atom stereocenters. The molecule has 19 heavy (non-hydrogen) atoms. The fourth-order valence-corrected chi connectivity index (χ4v) is 3.64. The molecule has 4 nitrogen and oxygen atoms in total. The van der Waals surface area contributed by atoms with Crippen molar-refractivity contribution >= 4 is 0 Å². The Balaban J connectivity index is 1.67. The minimum Gasteiger partial charge on any atom is -0.306 e. The average molecular weight is 262 g/mol. The number of nitrogens with zero attached hydrogens (tertiary/aromatic N) is 3. The SMILES string of the molecule is CCN1CCCC(NC2CCCc3c2cnn3C)C1. The lowest BCUT2D eigenvalue weighted by Crippen LogP contribution is -2.47. The molecule has 1 aliphatic heterocycles. The first kappa shape index (κ1) is 13.1. The smallest absolute Gasteiger partial charge is 0.0540 e. The second-order valence-corrected chi connectivity index (χ2v) is 6.01. The van der Waals surface area contributed by atoms with Crippen LogP contribution in [0.2, 0.25) is 0 Å². The average Bonchev–Trinajstić information content (AvgIpc) is 2.82. The number of aryl methyl sites for hydroxylation is 1. The molecule has 2 aliphatic rings. The number of nitrogens with one attached hydrogen (secondary N) is 1. The molecule has 1 aliphatic carbocycles. The number of hydrogen-bond acceptors (Lipinski definition) is 3. The van der Waals surface area contributed by atoms with E-state index in [1.54, 1.807) is 0 Å². The number of likely N-dealkylation sites (tertiary alicyclic amines) is 1. The number of piperidine rings is 1. The molecule has 0 radical (unpaired) electrons. The van der Waals surface area contributed by atoms with Crippen LogP contribution in [0.1, 0.15) is 49.9 Å². The van der Waals surface area contributed by atoms with E-state index in [1.165, 1.54) is 63.0 Å². The van der Waals surface area contributed by atoms with E-state index >= 15 is 0 Å². The number of fused-ring (bicyclic) bond motifs is 1. The van der Waals surface area contributed by atoms with E-state index in [-0.39, 0.29) is 0 Å². The maximum Gasteiger partial charge on any atom is 0.0540 e. The van der Waals surface area contributed by atoms with Gasteiger partial charge in [0.25, 0.3) is 0 Å². The van der Waals surface area contributed by atoms with E-state index in [2.05, 4.69) is 40.2 Å². The van der Waals surface area contributed by atoms with Crippen molar-refractivity contribution in [1.82, 2.24) is 20.0 Å². The summed E-state index contributed by atoms with van der Waals surface area (Å²) < 4.78 is 2.06. The molecule has 1 saturated heterocycles. The summed E-state index contributed by atoms with van der Waals surface area (Å²) in [5.74, 6) is 0. The molecule has 106 valence electrons. The fraction of sp³-hybridized carbons (Fsp3) is 0.800. The number of rotatable bonds is 3. The van der Waals surface area contributed by atoms with Crippen LogP contribution in [0.15, 0.2) is 6.20 Å². The molecule has 2 heterocycles. The normalized spacial score (nSPS) is 28.3. The summed E-state index contributed by atoms with van der Waals surface area (Å²) >= 11 is 0. The molecular formula is C15H26N4. The Morgan fingerprint density at radius 2 is 2.26 bits per heavy atom. The Hall–Kier alpha value is -0.870. The van der Waals surface area contributed by atoms with Crippen LogP contribution < -0.4 is 5.32 Å². The van der Waals surface area contributed by atoms with Crippen molar-refractivity contribution in [3.05, 3.63) is 17.5 Å². The zero-order valence-corrected chi connectivity index (χ0v) is 12.2. The van der Waals surface area contributed by atoms with E-state index in [4.69, 9.17) is 0 Å². The van der Waals surface area contributed by atoms with Crippen LogP contribution in [0.3, 0.4) is 0 Å². The topological polar surface area (TPSA) is 33.1 Å². The lowest BCUT2D eigenvalue weighted by molar-refractivity contribution is 0.187. The highest BCUT2D eigenvalue weighted by molar-refractivity contribution is 5.24. The zero-order chi connectivity index (χ0) is 13.2. The van der Waals surface area contributed by atoms with Crippen LogP contribution in [0, 0.1) is 0 Å². The van der Waals surface area contributed by atoms with Crippen molar-refractivity contribution in [2.45, 2.75) is 51.1 Å². The molecule has 4 heteroatoms. The molecule has 1 aromatic heterocycles. The number of hydrogen-bond donors (Lipinski definition) is 1. The molecule has 1 fully saturated rings. The van der Waals surface area contributed by atoms with Crippen molar-refractivity contribution < 1.29 is 0 Å². The lowest BCUT2D eigenvalue weighted by Gasteiger charge is -2.35. The molecule has 1 N–H and O–H groups in total. The largest absolute Gasteiger partial charge is 0.306 e. The van der Waals surface area contributed by atoms with Crippen LogP contribution in [-0.4, -0.2) is 40.4 Å². The highest BCUT2D eigenvalue weighted by Crippen LogP contribution is 2.30. The van der Waals surface area contributed by atoms with Crippen LogP contribution in [0.5, 0.6) is 0 Å². The summed E-state index contributed by atoms with van der Waals surface area (Å²) in [6.07, 6.45) is 8.47. The van der Waals surface area contributed by atoms with Crippen LogP contribution >= 0.6 is 0 Å². The molecule has 0 aromatic carbocycles. The Labute approximate surface area is 116 Å². The van der Waals surface area contributed by atoms with Crippen molar-refractivity contribution in [3.8, 4) is 0 Å².